The van der Waals surface area contributed by atoms with Crippen LogP contribution in [0.15, 0.2) is 17.1 Å². The molecule has 0 aromatic carbocycles. The maximum atomic E-state index is 5.07. The molecule has 1 atom stereocenters. The topological polar surface area (TPSA) is 51.0 Å². The lowest BCUT2D eigenvalue weighted by Gasteiger charge is -2.03. The Morgan fingerprint density at radius 1 is 1.64 bits per heavy atom. The second kappa shape index (κ2) is 3.18. The van der Waals surface area contributed by atoms with Gasteiger partial charge in [-0.2, -0.15) is 0 Å². The van der Waals surface area contributed by atoms with Crippen LogP contribution in [0.25, 0.3) is 0 Å². The van der Waals surface area contributed by atoms with Crippen LogP contribution in [-0.4, -0.2) is 16.2 Å². The maximum Gasteiger partial charge on any atom is 0.315 e. The Balaban J connectivity index is 2.57. The van der Waals surface area contributed by atoms with Crippen LogP contribution in [0.3, 0.4) is 0 Å². The number of nitrogens with zero attached hydrogens (tertiary/aromatic N) is 2. The number of nitrogens with one attached hydrogen (secondary N) is 1. The van der Waals surface area contributed by atoms with Gasteiger partial charge >= 0.3 is 6.01 Å². The highest BCUT2D eigenvalue weighted by Crippen LogP contribution is 2.05. The zero-order valence-corrected chi connectivity index (χ0v) is 6.66. The Kier molecular flexibility index (Phi) is 2.25. The molecule has 0 bridgehead atoms. The van der Waals surface area contributed by atoms with Gasteiger partial charge < -0.3 is 9.73 Å². The van der Waals surface area contributed by atoms with Crippen LogP contribution < -0.4 is 5.32 Å². The van der Waals surface area contributed by atoms with Gasteiger partial charge in [0, 0.05) is 13.0 Å². The molecule has 0 aliphatic heterocycles. The number of anilines is 1. The number of hydrogen-bond acceptors (Lipinski definition) is 4. The normalized spacial score (nSPS) is 12.5. The van der Waals surface area contributed by atoms with Gasteiger partial charge in [0.05, 0.1) is 0 Å². The van der Waals surface area contributed by atoms with E-state index in [0.717, 1.165) is 0 Å². The van der Waals surface area contributed by atoms with E-state index in [1.165, 1.54) is 0 Å². The van der Waals surface area contributed by atoms with Gasteiger partial charge in [-0.3, -0.25) is 0 Å². The molecule has 0 saturated carbocycles. The van der Waals surface area contributed by atoms with Crippen LogP contribution in [0.4, 0.5) is 6.01 Å². The summed E-state index contributed by atoms with van der Waals surface area (Å²) < 4.78 is 5.07. The molecule has 1 rings (SSSR count). The van der Waals surface area contributed by atoms with E-state index >= 15 is 0 Å². The van der Waals surface area contributed by atoms with Gasteiger partial charge in [0.25, 0.3) is 0 Å². The lowest BCUT2D eigenvalue weighted by molar-refractivity contribution is 0.528. The smallest absolute Gasteiger partial charge is 0.315 e. The summed E-state index contributed by atoms with van der Waals surface area (Å²) in [4.78, 5) is 0. The molecule has 0 radical (unpaired) electrons. The van der Waals surface area contributed by atoms with Crippen molar-refractivity contribution >= 4 is 6.01 Å². The average molecular weight is 153 g/mol. The predicted molar refractivity (Wildman–Crippen MR) is 42.3 cm³/mol. The maximum absolute atomic E-state index is 5.07. The molecule has 1 aromatic heterocycles. The second-order valence-corrected chi connectivity index (χ2v) is 2.29. The van der Waals surface area contributed by atoms with Crippen LogP contribution >= 0.6 is 0 Å². The van der Waals surface area contributed by atoms with Crippen LogP contribution in [-0.2, 0) is 0 Å². The third-order valence-electron chi connectivity index (χ3n) is 1.23. The summed E-state index contributed by atoms with van der Waals surface area (Å²) in [5, 5.41) is 10.4. The van der Waals surface area contributed by atoms with Gasteiger partial charge in [0.1, 0.15) is 0 Å². The highest BCUT2D eigenvalue weighted by Gasteiger charge is 2.02. The fraction of sp³-hybridized carbons (Fsp3) is 0.429. The van der Waals surface area contributed by atoms with Crippen molar-refractivity contribution < 1.29 is 4.42 Å². The molecule has 0 spiro atoms. The van der Waals surface area contributed by atoms with Gasteiger partial charge in [-0.15, -0.1) is 11.7 Å². The Labute approximate surface area is 65.3 Å². The van der Waals surface area contributed by atoms with Crippen molar-refractivity contribution in [1.29, 1.82) is 0 Å². The minimum absolute atomic E-state index is 0.148. The summed E-state index contributed by atoms with van der Waals surface area (Å²) in [6.45, 7) is 7.31. The fourth-order valence-corrected chi connectivity index (χ4v) is 0.609. The third-order valence-corrected chi connectivity index (χ3v) is 1.23. The molecule has 4 heteroatoms. The minimum atomic E-state index is 0.148. The SMILES string of the molecule is C=CC(C)Nc1nnc(C)o1. The van der Waals surface area contributed by atoms with Gasteiger partial charge in [-0.25, -0.2) is 0 Å². The lowest BCUT2D eigenvalue weighted by Crippen LogP contribution is -2.11. The predicted octanol–water partition coefficient (Wildman–Crippen LogP) is 1.36. The van der Waals surface area contributed by atoms with Crippen molar-refractivity contribution in [2.24, 2.45) is 0 Å². The van der Waals surface area contributed by atoms with Gasteiger partial charge in [0.2, 0.25) is 5.89 Å². The first-order valence-corrected chi connectivity index (χ1v) is 3.41. The number of rotatable bonds is 3. The van der Waals surface area contributed by atoms with E-state index in [9.17, 15) is 0 Å². The zero-order valence-electron chi connectivity index (χ0n) is 6.66. The highest BCUT2D eigenvalue weighted by molar-refractivity contribution is 5.21. The van der Waals surface area contributed by atoms with E-state index in [2.05, 4.69) is 22.1 Å². The molecule has 0 fully saturated rings. The van der Waals surface area contributed by atoms with Crippen molar-refractivity contribution in [3.05, 3.63) is 18.5 Å². The summed E-state index contributed by atoms with van der Waals surface area (Å²) in [6, 6.07) is 0.588. The Morgan fingerprint density at radius 3 is 2.82 bits per heavy atom. The first kappa shape index (κ1) is 7.78. The standard InChI is InChI=1S/C7H11N3O/c1-4-5(2)8-7-10-9-6(3)11-7/h4-5H,1H2,2-3H3,(H,8,10). The molecular weight excluding hydrogens is 142 g/mol. The average Bonchev–Trinajstić information content (AvgIpc) is 2.35. The molecule has 0 aliphatic rings. The molecule has 1 aromatic rings. The van der Waals surface area contributed by atoms with Crippen molar-refractivity contribution in [2.75, 3.05) is 5.32 Å². The van der Waals surface area contributed by atoms with Crippen LogP contribution in [0.1, 0.15) is 12.8 Å². The molecule has 1 N–H and O–H groups in total. The van der Waals surface area contributed by atoms with Crippen molar-refractivity contribution in [2.45, 2.75) is 19.9 Å². The molecule has 0 amide bonds. The van der Waals surface area contributed by atoms with E-state index in [1.54, 1.807) is 13.0 Å². The molecule has 4 nitrogen and oxygen atoms in total. The molecular formula is C7H11N3O. The Morgan fingerprint density at radius 2 is 2.36 bits per heavy atom. The third kappa shape index (κ3) is 2.07. The number of aryl methyl sites for hydroxylation is 1. The highest BCUT2D eigenvalue weighted by atomic mass is 16.4. The van der Waals surface area contributed by atoms with E-state index in [4.69, 9.17) is 4.42 Å². The van der Waals surface area contributed by atoms with Crippen molar-refractivity contribution in [3.8, 4) is 0 Å². The summed E-state index contributed by atoms with van der Waals surface area (Å²) in [6.07, 6.45) is 1.76. The molecule has 0 aliphatic carbocycles. The van der Waals surface area contributed by atoms with Crippen LogP contribution in [0.2, 0.25) is 0 Å². The molecule has 0 saturated heterocycles. The zero-order chi connectivity index (χ0) is 8.27. The quantitative estimate of drug-likeness (QED) is 0.666. The second-order valence-electron chi connectivity index (χ2n) is 2.29. The molecule has 11 heavy (non-hydrogen) atoms. The fourth-order valence-electron chi connectivity index (χ4n) is 0.609. The first-order valence-electron chi connectivity index (χ1n) is 3.41. The Hall–Kier alpha value is -1.32. The van der Waals surface area contributed by atoms with E-state index in [-0.39, 0.29) is 6.04 Å². The van der Waals surface area contributed by atoms with Crippen molar-refractivity contribution in [3.63, 3.8) is 0 Å². The van der Waals surface area contributed by atoms with Gasteiger partial charge in [-0.05, 0) is 6.92 Å². The van der Waals surface area contributed by atoms with Crippen molar-refractivity contribution in [1.82, 2.24) is 10.2 Å². The molecule has 1 unspecified atom stereocenters. The van der Waals surface area contributed by atoms with Crippen LogP contribution in [0.5, 0.6) is 0 Å². The summed E-state index contributed by atoms with van der Waals surface area (Å²) in [5.41, 5.74) is 0. The van der Waals surface area contributed by atoms with E-state index in [1.807, 2.05) is 6.92 Å². The first-order chi connectivity index (χ1) is 5.22. The summed E-state index contributed by atoms with van der Waals surface area (Å²) >= 11 is 0. The lowest BCUT2D eigenvalue weighted by atomic mass is 10.3. The van der Waals surface area contributed by atoms with E-state index < -0.39 is 0 Å². The van der Waals surface area contributed by atoms with Gasteiger partial charge in [-0.1, -0.05) is 11.2 Å². The molecule has 60 valence electrons. The van der Waals surface area contributed by atoms with Crippen LogP contribution in [0, 0.1) is 6.92 Å². The summed E-state index contributed by atoms with van der Waals surface area (Å²) in [5.74, 6) is 0.559. The largest absolute Gasteiger partial charge is 0.408 e. The van der Waals surface area contributed by atoms with E-state index in [0.29, 0.717) is 11.9 Å². The van der Waals surface area contributed by atoms with Gasteiger partial charge in [0.15, 0.2) is 0 Å². The molecule has 1 heterocycles. The monoisotopic (exact) mass is 153 g/mol. The minimum Gasteiger partial charge on any atom is -0.408 e. The number of aromatic nitrogens is 2. The summed E-state index contributed by atoms with van der Waals surface area (Å²) in [7, 11) is 0. The Bertz CT molecular complexity index is 244. The number of hydrogen-bond donors (Lipinski definition) is 1.